The Balaban J connectivity index is 2.99. The molecule has 1 rings (SSSR count). The number of methoxy groups -OCH3 is 1. The Bertz CT molecular complexity index is 360. The number of ether oxygens (including phenoxy) is 1. The van der Waals surface area contributed by atoms with E-state index in [-0.39, 0.29) is 5.75 Å². The molecule has 0 aliphatic rings. The van der Waals surface area contributed by atoms with Crippen molar-refractivity contribution >= 4 is 12.2 Å². The van der Waals surface area contributed by atoms with E-state index in [1.54, 1.807) is 12.1 Å². The summed E-state index contributed by atoms with van der Waals surface area (Å²) >= 11 is 0. The molecule has 2 N–H and O–H groups in total. The van der Waals surface area contributed by atoms with Gasteiger partial charge in [0.05, 0.1) is 12.7 Å². The molecule has 0 saturated carbocycles. The SMILES string of the molecule is COC(=O)c1ccc(CC=N)c(O)c1. The van der Waals surface area contributed by atoms with E-state index < -0.39 is 5.97 Å². The molecule has 4 nitrogen and oxygen atoms in total. The van der Waals surface area contributed by atoms with Gasteiger partial charge in [-0.25, -0.2) is 4.79 Å². The molecular weight excluding hydrogens is 182 g/mol. The first kappa shape index (κ1) is 10.2. The number of carbonyl (C=O) groups excluding carboxylic acids is 1. The molecule has 4 heteroatoms. The molecule has 0 amide bonds. The molecule has 0 fully saturated rings. The zero-order valence-corrected chi connectivity index (χ0v) is 7.78. The highest BCUT2D eigenvalue weighted by Crippen LogP contribution is 2.19. The fourth-order valence-corrected chi connectivity index (χ4v) is 1.09. The summed E-state index contributed by atoms with van der Waals surface area (Å²) in [5.41, 5.74) is 0.923. The van der Waals surface area contributed by atoms with E-state index in [1.165, 1.54) is 19.4 Å². The van der Waals surface area contributed by atoms with Gasteiger partial charge in [-0.3, -0.25) is 0 Å². The van der Waals surface area contributed by atoms with Crippen LogP contribution in [0.5, 0.6) is 5.75 Å². The number of benzene rings is 1. The Morgan fingerprint density at radius 1 is 1.64 bits per heavy atom. The molecule has 0 unspecified atom stereocenters. The number of phenols is 1. The van der Waals surface area contributed by atoms with Crippen LogP contribution >= 0.6 is 0 Å². The highest BCUT2D eigenvalue weighted by molar-refractivity contribution is 5.90. The van der Waals surface area contributed by atoms with Crippen LogP contribution in [0, 0.1) is 5.41 Å². The smallest absolute Gasteiger partial charge is 0.337 e. The second kappa shape index (κ2) is 4.41. The minimum atomic E-state index is -0.485. The summed E-state index contributed by atoms with van der Waals surface area (Å²) in [4.78, 5) is 11.1. The number of phenolic OH excluding ortho intramolecular Hbond substituents is 1. The van der Waals surface area contributed by atoms with Gasteiger partial charge in [0.25, 0.3) is 0 Å². The minimum absolute atomic E-state index is 0.0106. The van der Waals surface area contributed by atoms with Crippen molar-refractivity contribution in [3.05, 3.63) is 29.3 Å². The maximum Gasteiger partial charge on any atom is 0.337 e. The Hall–Kier alpha value is -1.84. The van der Waals surface area contributed by atoms with Crippen LogP contribution in [0.15, 0.2) is 18.2 Å². The van der Waals surface area contributed by atoms with Gasteiger partial charge in [0.15, 0.2) is 0 Å². The second-order valence-corrected chi connectivity index (χ2v) is 2.74. The molecule has 14 heavy (non-hydrogen) atoms. The van der Waals surface area contributed by atoms with E-state index in [0.717, 1.165) is 0 Å². The first-order valence-electron chi connectivity index (χ1n) is 4.08. The molecule has 1 aromatic carbocycles. The molecule has 74 valence electrons. The summed E-state index contributed by atoms with van der Waals surface area (Å²) in [6, 6.07) is 4.50. The van der Waals surface area contributed by atoms with Crippen LogP contribution in [0.2, 0.25) is 0 Å². The van der Waals surface area contributed by atoms with E-state index in [1.807, 2.05) is 0 Å². The van der Waals surface area contributed by atoms with Crippen molar-refractivity contribution in [2.45, 2.75) is 6.42 Å². The predicted octanol–water partition coefficient (Wildman–Crippen LogP) is 1.37. The number of nitrogens with one attached hydrogen (secondary N) is 1. The van der Waals surface area contributed by atoms with Gasteiger partial charge < -0.3 is 15.3 Å². The van der Waals surface area contributed by atoms with Crippen LogP contribution in [0.3, 0.4) is 0 Å². The molecule has 0 aromatic heterocycles. The quantitative estimate of drug-likeness (QED) is 0.562. The predicted molar refractivity (Wildman–Crippen MR) is 51.9 cm³/mol. The van der Waals surface area contributed by atoms with Gasteiger partial charge in [-0.15, -0.1) is 0 Å². The van der Waals surface area contributed by atoms with Crippen LogP contribution in [-0.4, -0.2) is 24.4 Å². The van der Waals surface area contributed by atoms with E-state index in [4.69, 9.17) is 5.41 Å². The van der Waals surface area contributed by atoms with Gasteiger partial charge in [-0.2, -0.15) is 0 Å². The lowest BCUT2D eigenvalue weighted by Crippen LogP contribution is -2.01. The van der Waals surface area contributed by atoms with Gasteiger partial charge in [-0.1, -0.05) is 6.07 Å². The molecule has 0 aliphatic heterocycles. The standard InChI is InChI=1S/C10H11NO3/c1-14-10(13)8-3-2-7(4-5-11)9(12)6-8/h2-3,5-6,11-12H,4H2,1H3. The number of esters is 1. The monoisotopic (exact) mass is 193 g/mol. The zero-order chi connectivity index (χ0) is 10.6. The maximum atomic E-state index is 11.1. The second-order valence-electron chi connectivity index (χ2n) is 2.74. The molecule has 0 radical (unpaired) electrons. The number of aromatic hydroxyl groups is 1. The van der Waals surface area contributed by atoms with Crippen molar-refractivity contribution in [3.63, 3.8) is 0 Å². The minimum Gasteiger partial charge on any atom is -0.508 e. The van der Waals surface area contributed by atoms with Gasteiger partial charge >= 0.3 is 5.97 Å². The molecule has 0 saturated heterocycles. The molecule has 0 bridgehead atoms. The fourth-order valence-electron chi connectivity index (χ4n) is 1.09. The lowest BCUT2D eigenvalue weighted by Gasteiger charge is -2.03. The first-order valence-corrected chi connectivity index (χ1v) is 4.08. The average molecular weight is 193 g/mol. The van der Waals surface area contributed by atoms with E-state index in [9.17, 15) is 9.90 Å². The van der Waals surface area contributed by atoms with Crippen LogP contribution < -0.4 is 0 Å². The Morgan fingerprint density at radius 2 is 2.36 bits per heavy atom. The van der Waals surface area contributed by atoms with E-state index in [0.29, 0.717) is 17.5 Å². The number of rotatable bonds is 3. The Morgan fingerprint density at radius 3 is 2.86 bits per heavy atom. The third kappa shape index (κ3) is 2.10. The summed E-state index contributed by atoms with van der Waals surface area (Å²) in [5, 5.41) is 16.3. The van der Waals surface area contributed by atoms with Crippen LogP contribution in [0.25, 0.3) is 0 Å². The molecular formula is C10H11NO3. The lowest BCUT2D eigenvalue weighted by atomic mass is 10.1. The third-order valence-electron chi connectivity index (χ3n) is 1.83. The first-order chi connectivity index (χ1) is 6.69. The number of carbonyl (C=O) groups is 1. The summed E-state index contributed by atoms with van der Waals surface area (Å²) in [6.45, 7) is 0. The van der Waals surface area contributed by atoms with Crippen LogP contribution in [0.1, 0.15) is 15.9 Å². The van der Waals surface area contributed by atoms with Crippen molar-refractivity contribution in [2.24, 2.45) is 0 Å². The van der Waals surface area contributed by atoms with Crippen LogP contribution in [0.4, 0.5) is 0 Å². The van der Waals surface area contributed by atoms with Gasteiger partial charge in [0.1, 0.15) is 5.75 Å². The highest BCUT2D eigenvalue weighted by Gasteiger charge is 2.08. The largest absolute Gasteiger partial charge is 0.508 e. The summed E-state index contributed by atoms with van der Waals surface area (Å²) in [7, 11) is 1.28. The normalized spacial score (nSPS) is 9.50. The molecule has 0 heterocycles. The van der Waals surface area contributed by atoms with Crippen molar-refractivity contribution in [2.75, 3.05) is 7.11 Å². The van der Waals surface area contributed by atoms with Gasteiger partial charge in [0.2, 0.25) is 0 Å². The van der Waals surface area contributed by atoms with E-state index >= 15 is 0 Å². The highest BCUT2D eigenvalue weighted by atomic mass is 16.5. The molecule has 1 aromatic rings. The topological polar surface area (TPSA) is 70.4 Å². The van der Waals surface area contributed by atoms with Crippen LogP contribution in [-0.2, 0) is 11.2 Å². The van der Waals surface area contributed by atoms with Crippen molar-refractivity contribution in [1.29, 1.82) is 5.41 Å². The molecule has 0 spiro atoms. The van der Waals surface area contributed by atoms with Gasteiger partial charge in [0, 0.05) is 6.42 Å². The van der Waals surface area contributed by atoms with Crippen molar-refractivity contribution in [3.8, 4) is 5.75 Å². The summed E-state index contributed by atoms with van der Waals surface area (Å²) in [6.07, 6.45) is 1.54. The summed E-state index contributed by atoms with van der Waals surface area (Å²) in [5.74, 6) is -0.474. The van der Waals surface area contributed by atoms with E-state index in [2.05, 4.69) is 4.74 Å². The number of hydrogen-bond acceptors (Lipinski definition) is 4. The average Bonchev–Trinajstić information content (AvgIpc) is 2.20. The van der Waals surface area contributed by atoms with Gasteiger partial charge in [-0.05, 0) is 23.9 Å². The molecule has 0 aliphatic carbocycles. The zero-order valence-electron chi connectivity index (χ0n) is 7.78. The molecule has 0 atom stereocenters. The Kier molecular flexibility index (Phi) is 3.23. The van der Waals surface area contributed by atoms with Crippen molar-refractivity contribution < 1.29 is 14.6 Å². The maximum absolute atomic E-state index is 11.1. The fraction of sp³-hybridized carbons (Fsp3) is 0.200. The number of hydrogen-bond donors (Lipinski definition) is 2. The Labute approximate surface area is 81.6 Å². The lowest BCUT2D eigenvalue weighted by molar-refractivity contribution is 0.0600. The third-order valence-corrected chi connectivity index (χ3v) is 1.83. The van der Waals surface area contributed by atoms with Crippen molar-refractivity contribution in [1.82, 2.24) is 0 Å². The summed E-state index contributed by atoms with van der Waals surface area (Å²) < 4.78 is 4.50.